The molecule has 0 unspecified atom stereocenters. The van der Waals surface area contributed by atoms with Crippen LogP contribution in [0.4, 0.5) is 16.2 Å². The molecule has 0 saturated carbocycles. The largest absolute Gasteiger partial charge is 0.478 e. The average Bonchev–Trinajstić information content (AvgIpc) is 2.46. The van der Waals surface area contributed by atoms with E-state index in [1.165, 1.54) is 18.0 Å². The Morgan fingerprint density at radius 3 is 2.52 bits per heavy atom. The highest BCUT2D eigenvalue weighted by molar-refractivity contribution is 9.10. The lowest BCUT2D eigenvalue weighted by Gasteiger charge is -2.20. The molecule has 0 saturated heterocycles. The van der Waals surface area contributed by atoms with Crippen LogP contribution in [0.25, 0.3) is 0 Å². The number of nitrogens with zero attached hydrogens (tertiary/aromatic N) is 1. The van der Waals surface area contributed by atoms with Crippen LogP contribution < -0.4 is 10.2 Å². The number of amides is 2. The first-order valence-corrected chi connectivity index (χ1v) is 6.91. The maximum Gasteiger partial charge on any atom is 0.337 e. The summed E-state index contributed by atoms with van der Waals surface area (Å²) in [5.74, 6) is -1.08. The topological polar surface area (TPSA) is 69.6 Å². The van der Waals surface area contributed by atoms with E-state index in [4.69, 9.17) is 5.11 Å². The first kappa shape index (κ1) is 15.1. The van der Waals surface area contributed by atoms with E-state index in [0.29, 0.717) is 11.4 Å². The zero-order valence-electron chi connectivity index (χ0n) is 11.2. The van der Waals surface area contributed by atoms with Gasteiger partial charge < -0.3 is 10.4 Å². The number of halogens is 1. The second-order valence-electron chi connectivity index (χ2n) is 4.32. The fraction of sp³-hybridized carbons (Fsp3) is 0.0667. The van der Waals surface area contributed by atoms with Crippen molar-refractivity contribution in [3.05, 3.63) is 58.6 Å². The fourth-order valence-electron chi connectivity index (χ4n) is 1.83. The number of nitrogens with one attached hydrogen (secondary N) is 1. The van der Waals surface area contributed by atoms with E-state index in [1.54, 1.807) is 36.4 Å². The lowest BCUT2D eigenvalue weighted by atomic mass is 10.1. The molecule has 0 aliphatic rings. The Morgan fingerprint density at radius 2 is 1.86 bits per heavy atom. The Bertz CT molecular complexity index is 688. The van der Waals surface area contributed by atoms with Crippen molar-refractivity contribution in [2.75, 3.05) is 17.3 Å². The van der Waals surface area contributed by atoms with E-state index in [-0.39, 0.29) is 5.56 Å². The van der Waals surface area contributed by atoms with E-state index in [1.807, 2.05) is 6.07 Å². The predicted octanol–water partition coefficient (Wildman–Crippen LogP) is 3.82. The van der Waals surface area contributed by atoms with Crippen LogP contribution >= 0.6 is 15.9 Å². The number of carbonyl (C=O) groups excluding carboxylic acids is 1. The third kappa shape index (κ3) is 3.61. The summed E-state index contributed by atoms with van der Waals surface area (Å²) in [5.41, 5.74) is 1.02. The number of hydrogen-bond donors (Lipinski definition) is 2. The van der Waals surface area contributed by atoms with Gasteiger partial charge in [-0.05, 0) is 30.3 Å². The number of carboxylic acids is 1. The van der Waals surface area contributed by atoms with E-state index >= 15 is 0 Å². The summed E-state index contributed by atoms with van der Waals surface area (Å²) in [7, 11) is 1.52. The van der Waals surface area contributed by atoms with Crippen molar-refractivity contribution in [1.29, 1.82) is 0 Å². The molecule has 2 N–H and O–H groups in total. The highest BCUT2D eigenvalue weighted by Gasteiger charge is 2.17. The Kier molecular flexibility index (Phi) is 4.59. The molecule has 6 heteroatoms. The third-order valence-electron chi connectivity index (χ3n) is 2.88. The van der Waals surface area contributed by atoms with Gasteiger partial charge in [0.1, 0.15) is 0 Å². The number of urea groups is 1. The number of hydrogen-bond acceptors (Lipinski definition) is 2. The minimum Gasteiger partial charge on any atom is -0.478 e. The zero-order chi connectivity index (χ0) is 15.4. The minimum atomic E-state index is -1.08. The van der Waals surface area contributed by atoms with Gasteiger partial charge in [-0.25, -0.2) is 9.59 Å². The van der Waals surface area contributed by atoms with Gasteiger partial charge >= 0.3 is 12.0 Å². The van der Waals surface area contributed by atoms with Gasteiger partial charge in [0.05, 0.1) is 11.3 Å². The number of aromatic carboxylic acids is 1. The second-order valence-corrected chi connectivity index (χ2v) is 5.24. The molecule has 0 radical (unpaired) electrons. The monoisotopic (exact) mass is 348 g/mol. The van der Waals surface area contributed by atoms with Crippen molar-refractivity contribution in [3.8, 4) is 0 Å². The SMILES string of the molecule is CN(C(=O)Nc1cccc(Br)c1)c1ccccc1C(=O)O. The summed E-state index contributed by atoms with van der Waals surface area (Å²) in [6.45, 7) is 0. The van der Waals surface area contributed by atoms with Gasteiger partial charge in [0.2, 0.25) is 0 Å². The molecule has 21 heavy (non-hydrogen) atoms. The van der Waals surface area contributed by atoms with Crippen LogP contribution in [0, 0.1) is 0 Å². The predicted molar refractivity (Wildman–Crippen MR) is 85.0 cm³/mol. The van der Waals surface area contributed by atoms with Crippen LogP contribution in [0.5, 0.6) is 0 Å². The molecule has 0 spiro atoms. The summed E-state index contributed by atoms with van der Waals surface area (Å²) in [6.07, 6.45) is 0. The van der Waals surface area contributed by atoms with Crippen molar-refractivity contribution < 1.29 is 14.7 Å². The summed E-state index contributed by atoms with van der Waals surface area (Å²) in [6, 6.07) is 13.1. The maximum absolute atomic E-state index is 12.2. The second kappa shape index (κ2) is 6.41. The molecule has 0 bridgehead atoms. The number of rotatable bonds is 3. The van der Waals surface area contributed by atoms with Gasteiger partial charge in [-0.2, -0.15) is 0 Å². The standard InChI is InChI=1S/C15H13BrN2O3/c1-18(13-8-3-2-7-12(13)14(19)20)15(21)17-11-6-4-5-10(16)9-11/h2-9H,1H3,(H,17,21)(H,19,20). The van der Waals surface area contributed by atoms with Crippen molar-refractivity contribution >= 4 is 39.3 Å². The smallest absolute Gasteiger partial charge is 0.337 e. The average molecular weight is 349 g/mol. The highest BCUT2D eigenvalue weighted by atomic mass is 79.9. The molecular weight excluding hydrogens is 336 g/mol. The van der Waals surface area contributed by atoms with E-state index in [0.717, 1.165) is 4.47 Å². The number of carbonyl (C=O) groups is 2. The number of carboxylic acid groups (broad SMARTS) is 1. The molecule has 2 rings (SSSR count). The quantitative estimate of drug-likeness (QED) is 0.885. The lowest BCUT2D eigenvalue weighted by Crippen LogP contribution is -2.32. The summed E-state index contributed by atoms with van der Waals surface area (Å²) < 4.78 is 0.842. The molecule has 108 valence electrons. The molecule has 0 aliphatic heterocycles. The van der Waals surface area contributed by atoms with Gasteiger partial charge in [0.25, 0.3) is 0 Å². The third-order valence-corrected chi connectivity index (χ3v) is 3.37. The lowest BCUT2D eigenvalue weighted by molar-refractivity contribution is 0.0697. The van der Waals surface area contributed by atoms with Crippen LogP contribution in [0.2, 0.25) is 0 Å². The molecule has 0 fully saturated rings. The molecule has 0 aromatic heterocycles. The molecule has 2 amide bonds. The molecule has 0 heterocycles. The summed E-state index contributed by atoms with van der Waals surface area (Å²) in [4.78, 5) is 24.7. The van der Waals surface area contributed by atoms with Crippen LogP contribution in [0.1, 0.15) is 10.4 Å². The van der Waals surface area contributed by atoms with Crippen LogP contribution in [-0.2, 0) is 0 Å². The first-order chi connectivity index (χ1) is 9.99. The van der Waals surface area contributed by atoms with Gasteiger partial charge in [-0.1, -0.05) is 34.1 Å². The maximum atomic E-state index is 12.2. The van der Waals surface area contributed by atoms with Crippen LogP contribution in [0.15, 0.2) is 53.0 Å². The van der Waals surface area contributed by atoms with E-state index < -0.39 is 12.0 Å². The molecular formula is C15H13BrN2O3. The van der Waals surface area contributed by atoms with Gasteiger partial charge in [0, 0.05) is 17.2 Å². The number of benzene rings is 2. The van der Waals surface area contributed by atoms with Gasteiger partial charge in [0.15, 0.2) is 0 Å². The van der Waals surface area contributed by atoms with Crippen molar-refractivity contribution in [2.24, 2.45) is 0 Å². The van der Waals surface area contributed by atoms with Crippen molar-refractivity contribution in [3.63, 3.8) is 0 Å². The molecule has 0 aliphatic carbocycles. The Morgan fingerprint density at radius 1 is 1.14 bits per heavy atom. The van der Waals surface area contributed by atoms with E-state index in [9.17, 15) is 9.59 Å². The molecule has 2 aromatic rings. The fourth-order valence-corrected chi connectivity index (χ4v) is 2.23. The van der Waals surface area contributed by atoms with Crippen LogP contribution in [-0.4, -0.2) is 24.2 Å². The highest BCUT2D eigenvalue weighted by Crippen LogP contribution is 2.21. The Balaban J connectivity index is 2.22. The van der Waals surface area contributed by atoms with Gasteiger partial charge in [-0.3, -0.25) is 4.90 Å². The number of anilines is 2. The normalized spacial score (nSPS) is 10.0. The van der Waals surface area contributed by atoms with Crippen LogP contribution in [0.3, 0.4) is 0 Å². The molecule has 2 aromatic carbocycles. The summed E-state index contributed by atoms with van der Waals surface area (Å²) >= 11 is 3.32. The first-order valence-electron chi connectivity index (χ1n) is 6.11. The number of para-hydroxylation sites is 1. The minimum absolute atomic E-state index is 0.0735. The Labute approximate surface area is 130 Å². The van der Waals surface area contributed by atoms with E-state index in [2.05, 4.69) is 21.2 Å². The van der Waals surface area contributed by atoms with Gasteiger partial charge in [-0.15, -0.1) is 0 Å². The summed E-state index contributed by atoms with van der Waals surface area (Å²) in [5, 5.41) is 11.9. The Hall–Kier alpha value is -2.34. The van der Waals surface area contributed by atoms with Crippen molar-refractivity contribution in [2.45, 2.75) is 0 Å². The van der Waals surface area contributed by atoms with Crippen molar-refractivity contribution in [1.82, 2.24) is 0 Å². The molecule has 5 nitrogen and oxygen atoms in total. The zero-order valence-corrected chi connectivity index (χ0v) is 12.8. The molecule has 0 atom stereocenters.